The average Bonchev–Trinajstić information content (AvgIpc) is 2.76. The third-order valence-corrected chi connectivity index (χ3v) is 4.60. The van der Waals surface area contributed by atoms with Crippen molar-refractivity contribution in [3.63, 3.8) is 0 Å². The van der Waals surface area contributed by atoms with E-state index in [1.54, 1.807) is 18.2 Å². The monoisotopic (exact) mass is 418 g/mol. The van der Waals surface area contributed by atoms with E-state index in [0.29, 0.717) is 31.1 Å². The van der Waals surface area contributed by atoms with Crippen molar-refractivity contribution >= 4 is 22.9 Å². The Morgan fingerprint density at radius 1 is 1.10 bits per heavy atom. The molecule has 0 radical (unpaired) electrons. The van der Waals surface area contributed by atoms with Crippen LogP contribution in [0.15, 0.2) is 66.3 Å². The molecule has 6 nitrogen and oxygen atoms in total. The summed E-state index contributed by atoms with van der Waals surface area (Å²) in [6, 6.07) is 14.4. The number of ether oxygens (including phenoxy) is 2. The number of hydrogen-bond acceptors (Lipinski definition) is 5. The molecule has 3 aromatic rings. The van der Waals surface area contributed by atoms with Crippen molar-refractivity contribution in [2.45, 2.75) is 20.3 Å². The zero-order chi connectivity index (χ0) is 22.2. The van der Waals surface area contributed by atoms with Gasteiger partial charge in [0.05, 0.1) is 25.0 Å². The minimum Gasteiger partial charge on any atom is -0.507 e. The summed E-state index contributed by atoms with van der Waals surface area (Å²) >= 11 is 0. The van der Waals surface area contributed by atoms with E-state index in [9.17, 15) is 9.90 Å². The van der Waals surface area contributed by atoms with Crippen LogP contribution in [0, 0.1) is 0 Å². The molecule has 0 bridgehead atoms. The first-order valence-corrected chi connectivity index (χ1v) is 10.2. The molecule has 0 aromatic heterocycles. The van der Waals surface area contributed by atoms with E-state index >= 15 is 0 Å². The van der Waals surface area contributed by atoms with Gasteiger partial charge in [-0.25, -0.2) is 5.43 Å². The molecule has 0 aliphatic rings. The van der Waals surface area contributed by atoms with E-state index in [4.69, 9.17) is 9.47 Å². The Morgan fingerprint density at radius 2 is 1.81 bits per heavy atom. The van der Waals surface area contributed by atoms with Gasteiger partial charge >= 0.3 is 0 Å². The molecule has 0 heterocycles. The number of benzene rings is 3. The van der Waals surface area contributed by atoms with Crippen LogP contribution in [0.2, 0.25) is 0 Å². The van der Waals surface area contributed by atoms with Gasteiger partial charge in [-0.3, -0.25) is 4.79 Å². The highest BCUT2D eigenvalue weighted by molar-refractivity contribution is 6.01. The minimum absolute atomic E-state index is 0.0978. The molecule has 0 saturated carbocycles. The highest BCUT2D eigenvalue weighted by atomic mass is 16.5. The molecule has 0 aliphatic carbocycles. The van der Waals surface area contributed by atoms with Crippen LogP contribution in [0.5, 0.6) is 17.2 Å². The number of aromatic hydroxyl groups is 1. The maximum absolute atomic E-state index is 12.5. The number of phenols is 1. The van der Waals surface area contributed by atoms with Crippen LogP contribution in [0.3, 0.4) is 0 Å². The highest BCUT2D eigenvalue weighted by Gasteiger charge is 2.14. The number of fused-ring (bicyclic) bond motifs is 1. The second kappa shape index (κ2) is 10.3. The Hall–Kier alpha value is -3.80. The van der Waals surface area contributed by atoms with Gasteiger partial charge < -0.3 is 14.6 Å². The van der Waals surface area contributed by atoms with Crippen LogP contribution >= 0.6 is 0 Å². The number of nitrogens with zero attached hydrogens (tertiary/aromatic N) is 1. The molecule has 31 heavy (non-hydrogen) atoms. The topological polar surface area (TPSA) is 80.2 Å². The molecule has 0 aliphatic heterocycles. The predicted molar refractivity (Wildman–Crippen MR) is 123 cm³/mol. The van der Waals surface area contributed by atoms with Crippen molar-refractivity contribution in [1.82, 2.24) is 5.43 Å². The smallest absolute Gasteiger partial charge is 0.275 e. The number of allylic oxidation sites excluding steroid dienone is 1. The molecule has 1 amide bonds. The lowest BCUT2D eigenvalue weighted by Crippen LogP contribution is -2.17. The van der Waals surface area contributed by atoms with Gasteiger partial charge in [0.15, 0.2) is 11.5 Å². The summed E-state index contributed by atoms with van der Waals surface area (Å²) < 4.78 is 11.5. The molecule has 6 heteroatoms. The van der Waals surface area contributed by atoms with Crippen molar-refractivity contribution in [3.05, 3.63) is 77.9 Å². The first-order chi connectivity index (χ1) is 15.1. The van der Waals surface area contributed by atoms with E-state index < -0.39 is 5.91 Å². The van der Waals surface area contributed by atoms with Crippen molar-refractivity contribution in [3.8, 4) is 17.2 Å². The number of hydrogen-bond donors (Lipinski definition) is 2. The summed E-state index contributed by atoms with van der Waals surface area (Å²) in [7, 11) is 0. The van der Waals surface area contributed by atoms with Gasteiger partial charge in [-0.2, -0.15) is 5.10 Å². The van der Waals surface area contributed by atoms with E-state index in [1.807, 2.05) is 50.2 Å². The molecule has 160 valence electrons. The van der Waals surface area contributed by atoms with Gasteiger partial charge in [-0.15, -0.1) is 6.58 Å². The molecule has 2 N–H and O–H groups in total. The van der Waals surface area contributed by atoms with Crippen LogP contribution < -0.4 is 14.9 Å². The van der Waals surface area contributed by atoms with Gasteiger partial charge in [0.1, 0.15) is 5.75 Å². The average molecular weight is 418 g/mol. The van der Waals surface area contributed by atoms with Crippen molar-refractivity contribution < 1.29 is 19.4 Å². The zero-order valence-electron chi connectivity index (χ0n) is 17.7. The Labute approximate surface area is 181 Å². The van der Waals surface area contributed by atoms with Gasteiger partial charge in [0.25, 0.3) is 5.91 Å². The van der Waals surface area contributed by atoms with Crippen molar-refractivity contribution in [1.29, 1.82) is 0 Å². The largest absolute Gasteiger partial charge is 0.507 e. The van der Waals surface area contributed by atoms with Crippen LogP contribution in [0.25, 0.3) is 10.8 Å². The fourth-order valence-electron chi connectivity index (χ4n) is 3.27. The molecular weight excluding hydrogens is 392 g/mol. The fourth-order valence-corrected chi connectivity index (χ4v) is 3.27. The second-order valence-electron chi connectivity index (χ2n) is 6.78. The summed E-state index contributed by atoms with van der Waals surface area (Å²) in [6.45, 7) is 8.63. The van der Waals surface area contributed by atoms with Gasteiger partial charge in [0, 0.05) is 5.56 Å². The summed E-state index contributed by atoms with van der Waals surface area (Å²) in [5.74, 6) is 0.705. The standard InChI is InChI=1S/C25H26N2O4/c1-4-9-20-12-17(13-23(30-5-2)24(20)31-6-3)16-26-27-25(29)21-14-18-10-7-8-11-19(18)15-22(21)28/h4,7-8,10-16,28H,1,5-6,9H2,2-3H3,(H,27,29). The lowest BCUT2D eigenvalue weighted by molar-refractivity contribution is 0.0952. The van der Waals surface area contributed by atoms with Crippen LogP contribution in [0.4, 0.5) is 0 Å². The molecule has 0 unspecified atom stereocenters. The summed E-state index contributed by atoms with van der Waals surface area (Å²) in [5, 5.41) is 16.0. The van der Waals surface area contributed by atoms with Gasteiger partial charge in [-0.1, -0.05) is 30.3 Å². The van der Waals surface area contributed by atoms with Crippen molar-refractivity contribution in [2.24, 2.45) is 5.10 Å². The lowest BCUT2D eigenvalue weighted by atomic mass is 10.1. The van der Waals surface area contributed by atoms with Gasteiger partial charge in [-0.05, 0) is 60.9 Å². The molecule has 3 aromatic carbocycles. The molecular formula is C25H26N2O4. The van der Waals surface area contributed by atoms with E-state index in [-0.39, 0.29) is 11.3 Å². The number of phenolic OH excluding ortho intramolecular Hbond substituents is 1. The third-order valence-electron chi connectivity index (χ3n) is 4.60. The summed E-state index contributed by atoms with van der Waals surface area (Å²) in [5.41, 5.74) is 4.29. The first-order valence-electron chi connectivity index (χ1n) is 10.2. The summed E-state index contributed by atoms with van der Waals surface area (Å²) in [4.78, 5) is 12.5. The maximum Gasteiger partial charge on any atom is 0.275 e. The minimum atomic E-state index is -0.498. The first kappa shape index (κ1) is 21.9. The number of hydrazone groups is 1. The molecule has 0 atom stereocenters. The molecule has 0 spiro atoms. The maximum atomic E-state index is 12.5. The SMILES string of the molecule is C=CCc1cc(C=NNC(=O)c2cc3ccccc3cc2O)cc(OCC)c1OCC. The Bertz CT molecular complexity index is 1120. The molecule has 3 rings (SSSR count). The second-order valence-corrected chi connectivity index (χ2v) is 6.78. The van der Waals surface area contributed by atoms with Crippen LogP contribution in [-0.4, -0.2) is 30.4 Å². The fraction of sp³-hybridized carbons (Fsp3) is 0.200. The van der Waals surface area contributed by atoms with Gasteiger partial charge in [0.2, 0.25) is 0 Å². The quantitative estimate of drug-likeness (QED) is 0.296. The zero-order valence-corrected chi connectivity index (χ0v) is 17.7. The van der Waals surface area contributed by atoms with E-state index in [2.05, 4.69) is 17.1 Å². The Balaban J connectivity index is 1.83. The number of amides is 1. The highest BCUT2D eigenvalue weighted by Crippen LogP contribution is 2.33. The Kier molecular flexibility index (Phi) is 7.27. The number of rotatable bonds is 9. The number of carbonyl (C=O) groups is 1. The predicted octanol–water partition coefficient (Wildman–Crippen LogP) is 4.84. The lowest BCUT2D eigenvalue weighted by Gasteiger charge is -2.15. The number of nitrogens with one attached hydrogen (secondary N) is 1. The summed E-state index contributed by atoms with van der Waals surface area (Å²) in [6.07, 6.45) is 3.92. The Morgan fingerprint density at radius 3 is 2.48 bits per heavy atom. The number of carbonyl (C=O) groups excluding carboxylic acids is 1. The van der Waals surface area contributed by atoms with E-state index in [1.165, 1.54) is 6.21 Å². The molecule has 0 saturated heterocycles. The van der Waals surface area contributed by atoms with E-state index in [0.717, 1.165) is 21.9 Å². The third kappa shape index (κ3) is 5.22. The van der Waals surface area contributed by atoms with Crippen LogP contribution in [-0.2, 0) is 6.42 Å². The van der Waals surface area contributed by atoms with Crippen LogP contribution in [0.1, 0.15) is 35.3 Å². The van der Waals surface area contributed by atoms with Crippen molar-refractivity contribution in [2.75, 3.05) is 13.2 Å². The molecule has 0 fully saturated rings. The normalized spacial score (nSPS) is 10.9.